The first-order valence-corrected chi connectivity index (χ1v) is 9.74. The van der Waals surface area contributed by atoms with E-state index in [1.165, 1.54) is 6.21 Å². The molecule has 3 rings (SSSR count). The van der Waals surface area contributed by atoms with Crippen molar-refractivity contribution in [2.75, 3.05) is 0 Å². The van der Waals surface area contributed by atoms with E-state index in [0.717, 1.165) is 5.56 Å². The average Bonchev–Trinajstić information content (AvgIpc) is 2.67. The van der Waals surface area contributed by atoms with Crippen molar-refractivity contribution in [1.82, 2.24) is 5.43 Å². The molecule has 0 fully saturated rings. The van der Waals surface area contributed by atoms with E-state index in [9.17, 15) is 9.90 Å². The first kappa shape index (κ1) is 19.4. The van der Waals surface area contributed by atoms with Gasteiger partial charge in [-0.15, -0.1) is 0 Å². The molecule has 0 aromatic heterocycles. The molecule has 0 aliphatic heterocycles. The van der Waals surface area contributed by atoms with Crippen LogP contribution in [0.15, 0.2) is 76.3 Å². The molecule has 0 unspecified atom stereocenters. The summed E-state index contributed by atoms with van der Waals surface area (Å²) in [4.78, 5) is 12.3. The maximum absolute atomic E-state index is 12.3. The van der Waals surface area contributed by atoms with Crippen LogP contribution in [0.1, 0.15) is 15.9 Å². The zero-order valence-corrected chi connectivity index (χ0v) is 17.6. The Morgan fingerprint density at radius 3 is 2.56 bits per heavy atom. The normalized spacial score (nSPS) is 10.7. The molecule has 0 aliphatic carbocycles. The van der Waals surface area contributed by atoms with Crippen LogP contribution < -0.4 is 10.2 Å². The zero-order chi connectivity index (χ0) is 19.2. The number of hydrogen-bond donors (Lipinski definition) is 2. The minimum absolute atomic E-state index is 0.173. The van der Waals surface area contributed by atoms with Crippen molar-refractivity contribution in [1.29, 1.82) is 0 Å². The summed E-state index contributed by atoms with van der Waals surface area (Å²) >= 11 is 5.29. The van der Waals surface area contributed by atoms with Gasteiger partial charge in [-0.2, -0.15) is 5.10 Å². The lowest BCUT2D eigenvalue weighted by Gasteiger charge is -2.07. The van der Waals surface area contributed by atoms with E-state index in [1.54, 1.807) is 36.4 Å². The highest BCUT2D eigenvalue weighted by molar-refractivity contribution is 14.1. The molecule has 0 radical (unpaired) electrons. The third kappa shape index (κ3) is 5.30. The molecule has 7 heteroatoms. The van der Waals surface area contributed by atoms with Gasteiger partial charge in [0, 0.05) is 5.56 Å². The topological polar surface area (TPSA) is 70.9 Å². The van der Waals surface area contributed by atoms with Gasteiger partial charge in [0.25, 0.3) is 5.91 Å². The highest BCUT2D eigenvalue weighted by Crippen LogP contribution is 2.30. The van der Waals surface area contributed by atoms with Gasteiger partial charge in [-0.25, -0.2) is 5.43 Å². The highest BCUT2D eigenvalue weighted by atomic mass is 127. The number of phenolic OH excluding ortho intramolecular Hbond substituents is 1. The van der Waals surface area contributed by atoms with Gasteiger partial charge in [0.2, 0.25) is 0 Å². The number of rotatable bonds is 5. The number of hydrogen-bond acceptors (Lipinski definition) is 4. The summed E-state index contributed by atoms with van der Waals surface area (Å²) in [5.74, 6) is 1.08. The summed E-state index contributed by atoms with van der Waals surface area (Å²) in [6.07, 6.45) is 1.51. The lowest BCUT2D eigenvalue weighted by atomic mass is 10.2. The summed E-state index contributed by atoms with van der Waals surface area (Å²) in [6.45, 7) is 0. The van der Waals surface area contributed by atoms with E-state index < -0.39 is 0 Å². The second-order valence-corrected chi connectivity index (χ2v) is 7.49. The Hall–Kier alpha value is -2.39. The third-order valence-corrected chi connectivity index (χ3v) is 4.92. The quantitative estimate of drug-likeness (QED) is 0.263. The summed E-state index contributed by atoms with van der Waals surface area (Å²) in [5, 5.41) is 13.7. The van der Waals surface area contributed by atoms with Gasteiger partial charge in [0.05, 0.1) is 14.3 Å². The Kier molecular flexibility index (Phi) is 6.46. The Labute approximate surface area is 178 Å². The number of benzene rings is 3. The van der Waals surface area contributed by atoms with E-state index in [-0.39, 0.29) is 11.7 Å². The Morgan fingerprint density at radius 1 is 1.07 bits per heavy atom. The third-order valence-electron chi connectivity index (χ3n) is 3.49. The fraction of sp³-hybridized carbons (Fsp3) is 0. The number of para-hydroxylation sites is 1. The SMILES string of the molecule is O=C(NN=Cc1cc(Br)c(O)c(I)c1)c1cccc(Oc2ccccc2)c1. The van der Waals surface area contributed by atoms with Crippen molar-refractivity contribution in [3.63, 3.8) is 0 Å². The molecule has 3 aromatic rings. The smallest absolute Gasteiger partial charge is 0.271 e. The van der Waals surface area contributed by atoms with E-state index in [0.29, 0.717) is 25.1 Å². The molecule has 3 aromatic carbocycles. The van der Waals surface area contributed by atoms with E-state index in [2.05, 4.69) is 26.5 Å². The standard InChI is InChI=1S/C20H14BrIN2O3/c21-17-9-13(10-18(22)19(17)25)12-23-24-20(26)14-5-4-8-16(11-14)27-15-6-2-1-3-7-15/h1-12,25H,(H,24,26). The molecule has 0 atom stereocenters. The number of amides is 1. The van der Waals surface area contributed by atoms with E-state index >= 15 is 0 Å². The van der Waals surface area contributed by atoms with Crippen molar-refractivity contribution in [3.05, 3.63) is 85.9 Å². The van der Waals surface area contributed by atoms with Crippen LogP contribution in [0.2, 0.25) is 0 Å². The molecule has 136 valence electrons. The zero-order valence-electron chi connectivity index (χ0n) is 13.9. The number of phenols is 1. The molecule has 2 N–H and O–H groups in total. The fourth-order valence-corrected chi connectivity index (χ4v) is 3.71. The molecule has 0 saturated heterocycles. The molecule has 0 aliphatic rings. The molecule has 0 spiro atoms. The van der Waals surface area contributed by atoms with Gasteiger partial charge in [-0.05, 0) is 86.5 Å². The second kappa shape index (κ2) is 9.01. The summed E-state index contributed by atoms with van der Waals surface area (Å²) in [5.41, 5.74) is 3.66. The van der Waals surface area contributed by atoms with E-state index in [1.807, 2.05) is 52.9 Å². The monoisotopic (exact) mass is 536 g/mol. The van der Waals surface area contributed by atoms with Crippen LogP contribution in [-0.2, 0) is 0 Å². The summed E-state index contributed by atoms with van der Waals surface area (Å²) in [6, 6.07) is 19.7. The van der Waals surface area contributed by atoms with Crippen molar-refractivity contribution >= 4 is 50.6 Å². The minimum atomic E-state index is -0.350. The number of aromatic hydroxyl groups is 1. The number of ether oxygens (including phenoxy) is 1. The van der Waals surface area contributed by atoms with Crippen LogP contribution in [0, 0.1) is 3.57 Å². The number of carbonyl (C=O) groups excluding carboxylic acids is 1. The van der Waals surface area contributed by atoms with Crippen LogP contribution >= 0.6 is 38.5 Å². The predicted octanol–water partition coefficient (Wildman–Crippen LogP) is 5.32. The van der Waals surface area contributed by atoms with Crippen molar-refractivity contribution in [2.45, 2.75) is 0 Å². The predicted molar refractivity (Wildman–Crippen MR) is 117 cm³/mol. The Bertz CT molecular complexity index is 971. The van der Waals surface area contributed by atoms with Gasteiger partial charge in [-0.3, -0.25) is 4.79 Å². The van der Waals surface area contributed by atoms with Crippen LogP contribution in [0.3, 0.4) is 0 Å². The first-order valence-electron chi connectivity index (χ1n) is 7.87. The number of nitrogens with one attached hydrogen (secondary N) is 1. The van der Waals surface area contributed by atoms with Crippen molar-refractivity contribution in [2.24, 2.45) is 5.10 Å². The molecule has 1 amide bonds. The highest BCUT2D eigenvalue weighted by Gasteiger charge is 2.07. The lowest BCUT2D eigenvalue weighted by molar-refractivity contribution is 0.0955. The van der Waals surface area contributed by atoms with E-state index in [4.69, 9.17) is 4.74 Å². The minimum Gasteiger partial charge on any atom is -0.506 e. The van der Waals surface area contributed by atoms with Crippen LogP contribution in [0.25, 0.3) is 0 Å². The number of hydrazone groups is 1. The second-order valence-electron chi connectivity index (χ2n) is 5.48. The molecular weight excluding hydrogens is 523 g/mol. The van der Waals surface area contributed by atoms with Gasteiger partial charge in [0.15, 0.2) is 0 Å². The molecular formula is C20H14BrIN2O3. The van der Waals surface area contributed by atoms with Crippen LogP contribution in [0.4, 0.5) is 0 Å². The van der Waals surface area contributed by atoms with Crippen LogP contribution in [0.5, 0.6) is 17.2 Å². The van der Waals surface area contributed by atoms with Gasteiger partial charge in [-0.1, -0.05) is 24.3 Å². The average molecular weight is 537 g/mol. The van der Waals surface area contributed by atoms with Gasteiger partial charge >= 0.3 is 0 Å². The molecule has 5 nitrogen and oxygen atoms in total. The maximum atomic E-state index is 12.3. The fourth-order valence-electron chi connectivity index (χ4n) is 2.22. The van der Waals surface area contributed by atoms with Crippen molar-refractivity contribution in [3.8, 4) is 17.2 Å². The molecule has 27 heavy (non-hydrogen) atoms. The molecule has 0 heterocycles. The summed E-state index contributed by atoms with van der Waals surface area (Å²) < 4.78 is 6.98. The molecule has 0 bridgehead atoms. The largest absolute Gasteiger partial charge is 0.506 e. The first-order chi connectivity index (χ1) is 13.0. The maximum Gasteiger partial charge on any atom is 0.271 e. The molecule has 0 saturated carbocycles. The van der Waals surface area contributed by atoms with Gasteiger partial charge in [0.1, 0.15) is 17.2 Å². The van der Waals surface area contributed by atoms with Gasteiger partial charge < -0.3 is 9.84 Å². The van der Waals surface area contributed by atoms with Crippen molar-refractivity contribution < 1.29 is 14.6 Å². The Balaban J connectivity index is 1.67. The Morgan fingerprint density at radius 2 is 1.81 bits per heavy atom. The lowest BCUT2D eigenvalue weighted by Crippen LogP contribution is -2.17. The van der Waals surface area contributed by atoms with Crippen LogP contribution in [-0.4, -0.2) is 17.2 Å². The number of halogens is 2. The summed E-state index contributed by atoms with van der Waals surface area (Å²) in [7, 11) is 0. The number of carbonyl (C=O) groups is 1. The number of nitrogens with zero attached hydrogens (tertiary/aromatic N) is 1.